The van der Waals surface area contributed by atoms with Gasteiger partial charge < -0.3 is 23.2 Å². The molecule has 8 heteroatoms. The van der Waals surface area contributed by atoms with Crippen LogP contribution < -0.4 is 10.2 Å². The quantitative estimate of drug-likeness (QED) is 0.403. The number of ether oxygens (including phenoxy) is 2. The summed E-state index contributed by atoms with van der Waals surface area (Å²) in [6.07, 6.45) is 2.56. The van der Waals surface area contributed by atoms with Crippen molar-refractivity contribution in [2.24, 2.45) is 0 Å². The molecule has 2 aliphatic rings. The first kappa shape index (κ1) is 22.9. The van der Waals surface area contributed by atoms with Crippen LogP contribution in [0.4, 0.5) is 4.39 Å². The Labute approximate surface area is 198 Å². The molecular weight excluding hydrogens is 438 g/mol. The van der Waals surface area contributed by atoms with Crippen LogP contribution >= 0.6 is 0 Å². The van der Waals surface area contributed by atoms with E-state index in [9.17, 15) is 4.79 Å². The molecule has 2 heterocycles. The highest BCUT2D eigenvalue weighted by molar-refractivity contribution is 6.62. The minimum atomic E-state index is -0.550. The summed E-state index contributed by atoms with van der Waals surface area (Å²) in [5.41, 5.74) is 2.70. The van der Waals surface area contributed by atoms with E-state index in [2.05, 4.69) is 0 Å². The van der Waals surface area contributed by atoms with E-state index >= 15 is 4.39 Å². The van der Waals surface area contributed by atoms with Crippen molar-refractivity contribution >= 4 is 29.5 Å². The maximum atomic E-state index is 15.0. The summed E-state index contributed by atoms with van der Waals surface area (Å²) in [6, 6.07) is 8.66. The molecule has 2 aromatic carbocycles. The average molecular weight is 466 g/mol. The Hall–Kier alpha value is -2.84. The second-order valence-electron chi connectivity index (χ2n) is 9.93. The van der Waals surface area contributed by atoms with E-state index in [1.807, 2.05) is 39.8 Å². The fourth-order valence-electron chi connectivity index (χ4n) is 4.67. The number of hydrogen-bond acceptors (Lipinski definition) is 6. The Bertz CT molecular complexity index is 1250. The van der Waals surface area contributed by atoms with Crippen molar-refractivity contribution in [2.45, 2.75) is 64.3 Å². The molecule has 6 nitrogen and oxygen atoms in total. The standard InChI is InChI=1S/C26H28BFO6/c1-25(2)26(3,4)34-27(33-25)19-9-10-20(28)24-18(19)8-11-21(24)32-16-6-7-17-15(12-23(29)30-5)14-31-22(17)13-16/h6-7,9-10,13-14,21H,8,11-12H2,1-5H3. The molecule has 0 spiro atoms. The normalized spacial score (nSPS) is 20.5. The third kappa shape index (κ3) is 3.79. The van der Waals surface area contributed by atoms with Crippen LogP contribution in [0.3, 0.4) is 0 Å². The van der Waals surface area contributed by atoms with Gasteiger partial charge in [0, 0.05) is 22.6 Å². The average Bonchev–Trinajstić information content (AvgIpc) is 3.43. The van der Waals surface area contributed by atoms with Gasteiger partial charge in [-0.1, -0.05) is 6.07 Å². The minimum absolute atomic E-state index is 0.132. The minimum Gasteiger partial charge on any atom is -0.485 e. The number of esters is 1. The Morgan fingerprint density at radius 3 is 2.59 bits per heavy atom. The molecule has 0 amide bonds. The summed E-state index contributed by atoms with van der Waals surface area (Å²) in [7, 11) is 0.804. The lowest BCUT2D eigenvalue weighted by Crippen LogP contribution is -2.41. The summed E-state index contributed by atoms with van der Waals surface area (Å²) in [6.45, 7) is 8.02. The molecule has 0 radical (unpaired) electrons. The summed E-state index contributed by atoms with van der Waals surface area (Å²) in [5.74, 6) is -0.0548. The lowest BCUT2D eigenvalue weighted by molar-refractivity contribution is -0.139. The zero-order chi connectivity index (χ0) is 24.3. The maximum Gasteiger partial charge on any atom is 0.495 e. The molecule has 1 atom stereocenters. The molecule has 178 valence electrons. The van der Waals surface area contributed by atoms with Crippen molar-refractivity contribution in [1.82, 2.24) is 0 Å². The van der Waals surface area contributed by atoms with Gasteiger partial charge in [0.2, 0.25) is 0 Å². The molecule has 34 heavy (non-hydrogen) atoms. The first-order valence-electron chi connectivity index (χ1n) is 11.5. The van der Waals surface area contributed by atoms with Crippen LogP contribution in [-0.2, 0) is 31.7 Å². The molecule has 0 N–H and O–H groups in total. The smallest absolute Gasteiger partial charge is 0.485 e. The van der Waals surface area contributed by atoms with E-state index in [0.717, 1.165) is 22.0 Å². The van der Waals surface area contributed by atoms with Crippen LogP contribution in [0.2, 0.25) is 0 Å². The van der Waals surface area contributed by atoms with Crippen LogP contribution in [0.5, 0.6) is 5.75 Å². The molecule has 1 aromatic heterocycles. The highest BCUT2D eigenvalue weighted by Gasteiger charge is 2.52. The third-order valence-corrected chi connectivity index (χ3v) is 7.29. The summed E-state index contributed by atoms with van der Waals surface area (Å²) >= 11 is 0. The first-order chi connectivity index (χ1) is 16.1. The number of methoxy groups -OCH3 is 1. The number of carbonyl (C=O) groups excluding carboxylic acids is 1. The van der Waals surface area contributed by atoms with Gasteiger partial charge in [0.15, 0.2) is 0 Å². The van der Waals surface area contributed by atoms with E-state index in [0.29, 0.717) is 29.7 Å². The molecule has 1 fully saturated rings. The molecule has 3 aromatic rings. The number of furan rings is 1. The number of halogens is 1. The maximum absolute atomic E-state index is 15.0. The van der Waals surface area contributed by atoms with E-state index in [1.165, 1.54) is 13.2 Å². The van der Waals surface area contributed by atoms with Gasteiger partial charge in [-0.3, -0.25) is 4.79 Å². The molecule has 5 rings (SSSR count). The van der Waals surface area contributed by atoms with E-state index in [4.69, 9.17) is 23.2 Å². The Morgan fingerprint density at radius 1 is 1.15 bits per heavy atom. The van der Waals surface area contributed by atoms with Crippen molar-refractivity contribution in [3.63, 3.8) is 0 Å². The van der Waals surface area contributed by atoms with Gasteiger partial charge in [0.1, 0.15) is 23.3 Å². The number of benzene rings is 2. The predicted molar refractivity (Wildman–Crippen MR) is 126 cm³/mol. The zero-order valence-electron chi connectivity index (χ0n) is 20.1. The topological polar surface area (TPSA) is 67.1 Å². The summed E-state index contributed by atoms with van der Waals surface area (Å²) in [4.78, 5) is 11.6. The third-order valence-electron chi connectivity index (χ3n) is 7.29. The van der Waals surface area contributed by atoms with Crippen molar-refractivity contribution in [3.05, 3.63) is 59.1 Å². The summed E-state index contributed by atoms with van der Waals surface area (Å²) in [5, 5.41) is 0.818. The largest absolute Gasteiger partial charge is 0.495 e. The SMILES string of the molecule is COC(=O)Cc1coc2cc(OC3CCc4c(B5OC(C)(C)C(C)(C)O5)ccc(F)c43)ccc12. The summed E-state index contributed by atoms with van der Waals surface area (Å²) < 4.78 is 44.0. The molecule has 0 saturated carbocycles. The predicted octanol–water partition coefficient (Wildman–Crippen LogP) is 4.65. The van der Waals surface area contributed by atoms with Crippen LogP contribution in [0.1, 0.15) is 56.9 Å². The van der Waals surface area contributed by atoms with Crippen LogP contribution in [0.25, 0.3) is 11.0 Å². The fourth-order valence-corrected chi connectivity index (χ4v) is 4.67. The first-order valence-corrected chi connectivity index (χ1v) is 11.5. The van der Waals surface area contributed by atoms with Crippen molar-refractivity contribution in [1.29, 1.82) is 0 Å². The molecule has 1 saturated heterocycles. The number of rotatable bonds is 5. The van der Waals surface area contributed by atoms with Crippen molar-refractivity contribution in [2.75, 3.05) is 7.11 Å². The number of fused-ring (bicyclic) bond motifs is 2. The number of hydrogen-bond donors (Lipinski definition) is 0. The van der Waals surface area contributed by atoms with Crippen LogP contribution in [0, 0.1) is 5.82 Å². The molecule has 0 bridgehead atoms. The zero-order valence-corrected chi connectivity index (χ0v) is 20.1. The lowest BCUT2D eigenvalue weighted by Gasteiger charge is -2.32. The Balaban J connectivity index is 1.41. The molecule has 1 aliphatic heterocycles. The van der Waals surface area contributed by atoms with Crippen LogP contribution in [-0.4, -0.2) is 31.4 Å². The fraction of sp³-hybridized carbons (Fsp3) is 0.423. The molecule has 1 unspecified atom stereocenters. The van der Waals surface area contributed by atoms with Gasteiger partial charge in [-0.2, -0.15) is 0 Å². The van der Waals surface area contributed by atoms with Crippen molar-refractivity contribution in [3.8, 4) is 5.75 Å². The highest BCUT2D eigenvalue weighted by Crippen LogP contribution is 2.40. The van der Waals surface area contributed by atoms with Gasteiger partial charge in [-0.25, -0.2) is 4.39 Å². The van der Waals surface area contributed by atoms with E-state index < -0.39 is 24.4 Å². The van der Waals surface area contributed by atoms with Crippen molar-refractivity contribution < 1.29 is 32.4 Å². The molecular formula is C26H28BFO6. The van der Waals surface area contributed by atoms with E-state index in [1.54, 1.807) is 18.4 Å². The second kappa shape index (κ2) is 8.13. The van der Waals surface area contributed by atoms with Gasteiger partial charge in [0.05, 0.1) is 31.0 Å². The van der Waals surface area contributed by atoms with Gasteiger partial charge in [-0.05, 0) is 69.8 Å². The number of carbonyl (C=O) groups is 1. The van der Waals surface area contributed by atoms with Gasteiger partial charge in [0.25, 0.3) is 0 Å². The Kier molecular flexibility index (Phi) is 5.49. The van der Waals surface area contributed by atoms with E-state index in [-0.39, 0.29) is 18.2 Å². The van der Waals surface area contributed by atoms with Gasteiger partial charge in [-0.15, -0.1) is 0 Å². The lowest BCUT2D eigenvalue weighted by atomic mass is 9.75. The monoisotopic (exact) mass is 466 g/mol. The van der Waals surface area contributed by atoms with Gasteiger partial charge >= 0.3 is 13.1 Å². The second-order valence-corrected chi connectivity index (χ2v) is 9.93. The van der Waals surface area contributed by atoms with Crippen LogP contribution in [0.15, 0.2) is 41.0 Å². The Morgan fingerprint density at radius 2 is 1.88 bits per heavy atom. The highest BCUT2D eigenvalue weighted by atomic mass is 19.1. The molecule has 1 aliphatic carbocycles.